The highest BCUT2D eigenvalue weighted by molar-refractivity contribution is 5.91. The standard InChI is InChI=1S/C16H16F4N2O2/c17-12-3-1-2-11(10-12)4-5-14(23)21-13-6-8-22(9-7-13)15(24)16(18,19)20/h1-5,10,13H,6-9H2,(H,21,23)/b5-4+. The zero-order chi connectivity index (χ0) is 17.7. The van der Waals surface area contributed by atoms with Crippen LogP contribution in [0.5, 0.6) is 0 Å². The maximum atomic E-state index is 13.0. The van der Waals surface area contributed by atoms with Crippen molar-refractivity contribution in [1.82, 2.24) is 10.2 Å². The minimum atomic E-state index is -4.87. The SMILES string of the molecule is O=C(/C=C/c1cccc(F)c1)NC1CCN(C(=O)C(F)(F)F)CC1. The lowest BCUT2D eigenvalue weighted by Crippen LogP contribution is -2.49. The summed E-state index contributed by atoms with van der Waals surface area (Å²) in [6.45, 7) is -0.117. The van der Waals surface area contributed by atoms with Crippen LogP contribution in [0.15, 0.2) is 30.3 Å². The molecule has 0 unspecified atom stereocenters. The number of nitrogens with one attached hydrogen (secondary N) is 1. The summed E-state index contributed by atoms with van der Waals surface area (Å²) in [5.74, 6) is -2.68. The lowest BCUT2D eigenvalue weighted by atomic mass is 10.0. The molecule has 24 heavy (non-hydrogen) atoms. The van der Waals surface area contributed by atoms with Gasteiger partial charge in [-0.05, 0) is 36.6 Å². The number of carbonyl (C=O) groups excluding carboxylic acids is 2. The first-order valence-corrected chi connectivity index (χ1v) is 7.36. The molecule has 1 heterocycles. The molecule has 4 nitrogen and oxygen atoms in total. The van der Waals surface area contributed by atoms with Gasteiger partial charge in [-0.3, -0.25) is 9.59 Å². The summed E-state index contributed by atoms with van der Waals surface area (Å²) in [6, 6.07) is 5.40. The third kappa shape index (κ3) is 5.07. The van der Waals surface area contributed by atoms with E-state index in [1.165, 1.54) is 30.4 Å². The summed E-state index contributed by atoms with van der Waals surface area (Å²) in [7, 11) is 0. The third-order valence-electron chi connectivity index (χ3n) is 3.65. The molecule has 130 valence electrons. The van der Waals surface area contributed by atoms with Crippen LogP contribution in [-0.2, 0) is 9.59 Å². The van der Waals surface area contributed by atoms with Gasteiger partial charge in [0.2, 0.25) is 5.91 Å². The average Bonchev–Trinajstić information content (AvgIpc) is 2.52. The molecule has 1 aromatic carbocycles. The molecule has 0 bridgehead atoms. The highest BCUT2D eigenvalue weighted by Gasteiger charge is 2.43. The topological polar surface area (TPSA) is 49.4 Å². The predicted octanol–water partition coefficient (Wildman–Crippen LogP) is 2.51. The average molecular weight is 344 g/mol. The molecule has 8 heteroatoms. The Morgan fingerprint density at radius 1 is 1.21 bits per heavy atom. The smallest absolute Gasteiger partial charge is 0.350 e. The van der Waals surface area contributed by atoms with E-state index in [1.807, 2.05) is 0 Å². The van der Waals surface area contributed by atoms with Gasteiger partial charge in [-0.15, -0.1) is 0 Å². The maximum absolute atomic E-state index is 13.0. The van der Waals surface area contributed by atoms with Crippen molar-refractivity contribution in [2.75, 3.05) is 13.1 Å². The van der Waals surface area contributed by atoms with E-state index in [1.54, 1.807) is 6.07 Å². The molecule has 0 saturated carbocycles. The zero-order valence-electron chi connectivity index (χ0n) is 12.6. The Morgan fingerprint density at radius 3 is 2.46 bits per heavy atom. The van der Waals surface area contributed by atoms with Crippen LogP contribution in [-0.4, -0.2) is 42.0 Å². The fraction of sp³-hybridized carbons (Fsp3) is 0.375. The number of hydrogen-bond acceptors (Lipinski definition) is 2. The molecule has 1 fully saturated rings. The lowest BCUT2D eigenvalue weighted by Gasteiger charge is -2.32. The van der Waals surface area contributed by atoms with E-state index in [4.69, 9.17) is 0 Å². The van der Waals surface area contributed by atoms with Crippen LogP contribution in [0.1, 0.15) is 18.4 Å². The Labute approximate surface area is 136 Å². The monoisotopic (exact) mass is 344 g/mol. The molecular formula is C16H16F4N2O2. The maximum Gasteiger partial charge on any atom is 0.471 e. The largest absolute Gasteiger partial charge is 0.471 e. The van der Waals surface area contributed by atoms with Gasteiger partial charge in [-0.2, -0.15) is 13.2 Å². The summed E-state index contributed by atoms with van der Waals surface area (Å²) in [6.07, 6.45) is -1.69. The summed E-state index contributed by atoms with van der Waals surface area (Å²) in [4.78, 5) is 23.6. The zero-order valence-corrected chi connectivity index (χ0v) is 12.6. The second-order valence-electron chi connectivity index (χ2n) is 5.46. The van der Waals surface area contributed by atoms with Crippen LogP contribution in [0, 0.1) is 5.82 Å². The van der Waals surface area contributed by atoms with Crippen molar-refractivity contribution in [3.05, 3.63) is 41.7 Å². The van der Waals surface area contributed by atoms with Gasteiger partial charge in [-0.25, -0.2) is 4.39 Å². The summed E-state index contributed by atoms with van der Waals surface area (Å²) >= 11 is 0. The summed E-state index contributed by atoms with van der Waals surface area (Å²) < 4.78 is 50.0. The van der Waals surface area contributed by atoms with Crippen molar-refractivity contribution in [2.24, 2.45) is 0 Å². The second-order valence-corrected chi connectivity index (χ2v) is 5.46. The molecule has 0 radical (unpaired) electrons. The van der Waals surface area contributed by atoms with E-state index in [0.717, 1.165) is 4.90 Å². The third-order valence-corrected chi connectivity index (χ3v) is 3.65. The number of likely N-dealkylation sites (tertiary alicyclic amines) is 1. The van der Waals surface area contributed by atoms with Gasteiger partial charge in [0.25, 0.3) is 0 Å². The van der Waals surface area contributed by atoms with E-state index in [2.05, 4.69) is 5.32 Å². The fourth-order valence-corrected chi connectivity index (χ4v) is 2.44. The Morgan fingerprint density at radius 2 is 1.88 bits per heavy atom. The van der Waals surface area contributed by atoms with Gasteiger partial charge in [0.05, 0.1) is 0 Å². The number of nitrogens with zero attached hydrogens (tertiary/aromatic N) is 1. The molecule has 1 N–H and O–H groups in total. The first-order chi connectivity index (χ1) is 11.3. The van der Waals surface area contributed by atoms with Crippen LogP contribution in [0.25, 0.3) is 6.08 Å². The predicted molar refractivity (Wildman–Crippen MR) is 79.2 cm³/mol. The highest BCUT2D eigenvalue weighted by Crippen LogP contribution is 2.21. The van der Waals surface area contributed by atoms with E-state index in [9.17, 15) is 27.2 Å². The minimum Gasteiger partial charge on any atom is -0.350 e. The molecule has 0 spiro atoms. The highest BCUT2D eigenvalue weighted by atomic mass is 19.4. The minimum absolute atomic E-state index is 0.0586. The normalized spacial score (nSPS) is 16.4. The number of rotatable bonds is 3. The van der Waals surface area contributed by atoms with Crippen molar-refractivity contribution in [3.8, 4) is 0 Å². The number of benzene rings is 1. The second kappa shape index (κ2) is 7.46. The Bertz CT molecular complexity index is 635. The van der Waals surface area contributed by atoms with Crippen LogP contribution >= 0.6 is 0 Å². The number of alkyl halides is 3. The quantitative estimate of drug-likeness (QED) is 0.677. The molecule has 0 aromatic heterocycles. The van der Waals surface area contributed by atoms with Crippen molar-refractivity contribution in [2.45, 2.75) is 25.1 Å². The van der Waals surface area contributed by atoms with Gasteiger partial charge < -0.3 is 10.2 Å². The van der Waals surface area contributed by atoms with Crippen LogP contribution in [0.3, 0.4) is 0 Å². The van der Waals surface area contributed by atoms with E-state index < -0.39 is 23.8 Å². The van der Waals surface area contributed by atoms with Crippen molar-refractivity contribution >= 4 is 17.9 Å². The molecule has 1 aromatic rings. The van der Waals surface area contributed by atoms with Crippen LogP contribution in [0.2, 0.25) is 0 Å². The van der Waals surface area contributed by atoms with E-state index >= 15 is 0 Å². The van der Waals surface area contributed by atoms with Gasteiger partial charge in [-0.1, -0.05) is 12.1 Å². The summed E-state index contributed by atoms with van der Waals surface area (Å²) in [5, 5.41) is 2.66. The fourth-order valence-electron chi connectivity index (χ4n) is 2.44. The molecule has 1 aliphatic heterocycles. The Balaban J connectivity index is 1.81. The number of amides is 2. The Hall–Kier alpha value is -2.38. The molecule has 0 atom stereocenters. The van der Waals surface area contributed by atoms with Gasteiger partial charge in [0.15, 0.2) is 0 Å². The van der Waals surface area contributed by atoms with Crippen molar-refractivity contribution in [3.63, 3.8) is 0 Å². The number of hydrogen-bond donors (Lipinski definition) is 1. The molecule has 1 aliphatic rings. The van der Waals surface area contributed by atoms with E-state index in [0.29, 0.717) is 5.56 Å². The number of piperidine rings is 1. The van der Waals surface area contributed by atoms with Crippen molar-refractivity contribution in [1.29, 1.82) is 0 Å². The molecule has 1 saturated heterocycles. The van der Waals surface area contributed by atoms with Gasteiger partial charge in [0.1, 0.15) is 5.82 Å². The molecule has 2 amide bonds. The molecular weight excluding hydrogens is 328 g/mol. The Kier molecular flexibility index (Phi) is 5.58. The number of carbonyl (C=O) groups is 2. The first-order valence-electron chi connectivity index (χ1n) is 7.36. The van der Waals surface area contributed by atoms with E-state index in [-0.39, 0.29) is 32.0 Å². The van der Waals surface area contributed by atoms with Gasteiger partial charge >= 0.3 is 12.1 Å². The lowest BCUT2D eigenvalue weighted by molar-refractivity contribution is -0.186. The molecule has 2 rings (SSSR count). The molecule has 0 aliphatic carbocycles. The van der Waals surface area contributed by atoms with Crippen LogP contribution in [0.4, 0.5) is 17.6 Å². The van der Waals surface area contributed by atoms with Crippen LogP contribution < -0.4 is 5.32 Å². The number of halogens is 4. The first kappa shape index (κ1) is 18.0. The van der Waals surface area contributed by atoms with Crippen molar-refractivity contribution < 1.29 is 27.2 Å². The summed E-state index contributed by atoms with van der Waals surface area (Å²) in [5.41, 5.74) is 0.524. The van der Waals surface area contributed by atoms with Gasteiger partial charge in [0, 0.05) is 25.2 Å².